The second kappa shape index (κ2) is 9.19. The van der Waals surface area contributed by atoms with Crippen LogP contribution in [0.15, 0.2) is 59.7 Å². The molecule has 0 amide bonds. The Morgan fingerprint density at radius 3 is 2.40 bits per heavy atom. The van der Waals surface area contributed by atoms with Gasteiger partial charge in [0.15, 0.2) is 0 Å². The molecule has 154 valence electrons. The minimum absolute atomic E-state index is 0.212. The van der Waals surface area contributed by atoms with E-state index in [1.54, 1.807) is 24.3 Å². The van der Waals surface area contributed by atoms with Gasteiger partial charge in [0.05, 0.1) is 18.9 Å². The highest BCUT2D eigenvalue weighted by molar-refractivity contribution is 5.99. The van der Waals surface area contributed by atoms with Crippen LogP contribution in [0, 0.1) is 0 Å². The second-order valence-corrected chi connectivity index (χ2v) is 6.73. The minimum Gasteiger partial charge on any atom is -0.508 e. The van der Waals surface area contributed by atoms with Gasteiger partial charge in [-0.1, -0.05) is 18.2 Å². The first kappa shape index (κ1) is 19.6. The molecule has 3 aromatic rings. The van der Waals surface area contributed by atoms with Crippen molar-refractivity contribution < 1.29 is 9.84 Å². The highest BCUT2D eigenvalue weighted by atomic mass is 16.5. The van der Waals surface area contributed by atoms with Gasteiger partial charge in [-0.05, 0) is 48.9 Å². The van der Waals surface area contributed by atoms with Crippen LogP contribution in [0.5, 0.6) is 5.75 Å². The molecule has 4 rings (SSSR count). The van der Waals surface area contributed by atoms with Crippen LogP contribution in [0.25, 0.3) is 0 Å². The summed E-state index contributed by atoms with van der Waals surface area (Å²) < 4.78 is 5.43. The van der Waals surface area contributed by atoms with Crippen molar-refractivity contribution in [3.05, 3.63) is 60.2 Å². The highest BCUT2D eigenvalue weighted by Crippen LogP contribution is 2.19. The summed E-state index contributed by atoms with van der Waals surface area (Å²) in [5, 5.41) is 17.1. The fourth-order valence-corrected chi connectivity index (χ4v) is 2.93. The van der Waals surface area contributed by atoms with E-state index in [-0.39, 0.29) is 5.75 Å². The third-order valence-corrected chi connectivity index (χ3v) is 4.56. The Kier molecular flexibility index (Phi) is 6.00. The summed E-state index contributed by atoms with van der Waals surface area (Å²) >= 11 is 0. The number of hydrogen-bond acceptors (Lipinski definition) is 9. The maximum Gasteiger partial charge on any atom is 0.250 e. The summed E-state index contributed by atoms with van der Waals surface area (Å²) in [7, 11) is 0. The molecule has 0 atom stereocenters. The van der Waals surface area contributed by atoms with Gasteiger partial charge in [-0.25, -0.2) is 5.43 Å². The summed E-state index contributed by atoms with van der Waals surface area (Å²) in [6.45, 7) is 4.56. The van der Waals surface area contributed by atoms with Gasteiger partial charge in [0, 0.05) is 18.8 Å². The predicted octanol–water partition coefficient (Wildman–Crippen LogP) is 2.99. The molecule has 0 spiro atoms. The Balaban J connectivity index is 1.59. The van der Waals surface area contributed by atoms with Crippen molar-refractivity contribution in [3.63, 3.8) is 0 Å². The van der Waals surface area contributed by atoms with Gasteiger partial charge < -0.3 is 20.1 Å². The number of anilines is 4. The molecule has 1 saturated heterocycles. The van der Waals surface area contributed by atoms with Crippen molar-refractivity contribution in [1.29, 1.82) is 0 Å². The monoisotopic (exact) mass is 405 g/mol. The first-order chi connectivity index (χ1) is 14.7. The van der Waals surface area contributed by atoms with Crippen molar-refractivity contribution in [3.8, 4) is 5.75 Å². The third kappa shape index (κ3) is 5.00. The number of hydrogen-bond donors (Lipinski definition) is 3. The number of aromatic hydroxyl groups is 1. The first-order valence-electron chi connectivity index (χ1n) is 9.68. The molecule has 1 aliphatic heterocycles. The molecule has 0 aliphatic carbocycles. The van der Waals surface area contributed by atoms with Crippen molar-refractivity contribution >= 4 is 29.2 Å². The number of aromatic nitrogens is 3. The maximum atomic E-state index is 9.45. The third-order valence-electron chi connectivity index (χ3n) is 4.56. The number of phenolic OH excluding ortho intramolecular Hbond substituents is 1. The van der Waals surface area contributed by atoms with Gasteiger partial charge in [0.2, 0.25) is 17.8 Å². The Morgan fingerprint density at radius 1 is 0.967 bits per heavy atom. The van der Waals surface area contributed by atoms with Crippen molar-refractivity contribution in [2.45, 2.75) is 6.92 Å². The van der Waals surface area contributed by atoms with Crippen LogP contribution in [0.3, 0.4) is 0 Å². The number of nitrogens with one attached hydrogen (secondary N) is 2. The van der Waals surface area contributed by atoms with Gasteiger partial charge in [0.25, 0.3) is 0 Å². The fourth-order valence-electron chi connectivity index (χ4n) is 2.93. The zero-order chi connectivity index (χ0) is 20.8. The number of rotatable bonds is 6. The fraction of sp³-hybridized carbons (Fsp3) is 0.238. The van der Waals surface area contributed by atoms with Crippen molar-refractivity contribution in [2.75, 3.05) is 41.9 Å². The van der Waals surface area contributed by atoms with Crippen molar-refractivity contribution in [2.24, 2.45) is 5.10 Å². The van der Waals surface area contributed by atoms with Gasteiger partial charge in [-0.15, -0.1) is 0 Å². The smallest absolute Gasteiger partial charge is 0.250 e. The molecule has 0 bridgehead atoms. The molecular formula is C21H23N7O2. The van der Waals surface area contributed by atoms with Crippen LogP contribution in [-0.4, -0.2) is 52.1 Å². The van der Waals surface area contributed by atoms with Gasteiger partial charge in [-0.3, -0.25) is 0 Å². The van der Waals surface area contributed by atoms with Crippen LogP contribution in [-0.2, 0) is 4.74 Å². The number of benzene rings is 2. The topological polar surface area (TPSA) is 108 Å². The summed E-state index contributed by atoms with van der Waals surface area (Å²) in [6, 6.07) is 16.6. The summed E-state index contributed by atoms with van der Waals surface area (Å²) in [5.41, 5.74) is 5.43. The molecule has 30 heavy (non-hydrogen) atoms. The first-order valence-corrected chi connectivity index (χ1v) is 9.68. The zero-order valence-corrected chi connectivity index (χ0v) is 16.6. The molecule has 0 saturated carbocycles. The average Bonchev–Trinajstić information content (AvgIpc) is 2.79. The molecule has 2 aromatic carbocycles. The van der Waals surface area contributed by atoms with Crippen LogP contribution in [0.1, 0.15) is 12.5 Å². The molecule has 3 N–H and O–H groups in total. The number of nitrogens with zero attached hydrogens (tertiary/aromatic N) is 5. The van der Waals surface area contributed by atoms with E-state index in [0.717, 1.165) is 17.0 Å². The van der Waals surface area contributed by atoms with Crippen LogP contribution >= 0.6 is 0 Å². The molecule has 2 heterocycles. The van der Waals surface area contributed by atoms with Gasteiger partial charge in [0.1, 0.15) is 5.75 Å². The lowest BCUT2D eigenvalue weighted by Gasteiger charge is -2.27. The lowest BCUT2D eigenvalue weighted by molar-refractivity contribution is 0.122. The van der Waals surface area contributed by atoms with Gasteiger partial charge >= 0.3 is 0 Å². The largest absolute Gasteiger partial charge is 0.508 e. The molecule has 1 fully saturated rings. The summed E-state index contributed by atoms with van der Waals surface area (Å²) in [4.78, 5) is 15.6. The molecule has 0 unspecified atom stereocenters. The molecule has 0 radical (unpaired) electrons. The number of phenols is 1. The van der Waals surface area contributed by atoms with Crippen molar-refractivity contribution in [1.82, 2.24) is 15.0 Å². The quantitative estimate of drug-likeness (QED) is 0.424. The number of hydrazone groups is 1. The lowest BCUT2D eigenvalue weighted by Crippen LogP contribution is -2.37. The minimum atomic E-state index is 0.212. The molecule has 1 aliphatic rings. The molecule has 9 nitrogen and oxygen atoms in total. The second-order valence-electron chi connectivity index (χ2n) is 6.73. The van der Waals surface area contributed by atoms with E-state index in [2.05, 4.69) is 35.7 Å². The number of morpholine rings is 1. The van der Waals surface area contributed by atoms with E-state index in [1.165, 1.54) is 0 Å². The molecular weight excluding hydrogens is 382 g/mol. The van der Waals surface area contributed by atoms with E-state index in [0.29, 0.717) is 44.1 Å². The Bertz CT molecular complexity index is 1000. The van der Waals surface area contributed by atoms with E-state index in [9.17, 15) is 5.11 Å². The average molecular weight is 405 g/mol. The van der Waals surface area contributed by atoms with Gasteiger partial charge in [-0.2, -0.15) is 20.1 Å². The Labute approximate surface area is 174 Å². The zero-order valence-electron chi connectivity index (χ0n) is 16.6. The number of ether oxygens (including phenoxy) is 1. The normalized spacial score (nSPS) is 14.4. The van der Waals surface area contributed by atoms with E-state index in [1.807, 2.05) is 37.3 Å². The summed E-state index contributed by atoms with van der Waals surface area (Å²) in [6.07, 6.45) is 0. The SMILES string of the molecule is C/C(=N\Nc1nc(Nc2ccccc2)nc(N2CCOCC2)n1)c1ccc(O)cc1. The lowest BCUT2D eigenvalue weighted by atomic mass is 10.1. The van der Waals surface area contributed by atoms with Crippen LogP contribution < -0.4 is 15.6 Å². The Morgan fingerprint density at radius 2 is 1.67 bits per heavy atom. The molecule has 1 aromatic heterocycles. The van der Waals surface area contributed by atoms with E-state index in [4.69, 9.17) is 4.74 Å². The maximum absolute atomic E-state index is 9.45. The number of para-hydroxylation sites is 1. The molecule has 9 heteroatoms. The van der Waals surface area contributed by atoms with Crippen LogP contribution in [0.2, 0.25) is 0 Å². The van der Waals surface area contributed by atoms with Crippen LogP contribution in [0.4, 0.5) is 23.5 Å². The predicted molar refractivity (Wildman–Crippen MR) is 117 cm³/mol. The highest BCUT2D eigenvalue weighted by Gasteiger charge is 2.16. The Hall–Kier alpha value is -3.72. The standard InChI is InChI=1S/C21H23N7O2/c1-15(16-7-9-18(29)10-8-16)26-27-20-23-19(22-17-5-3-2-4-6-17)24-21(25-20)28-11-13-30-14-12-28/h2-10,29H,11-14H2,1H3,(H2,22,23,24,25,27)/b26-15+. The van der Waals surface area contributed by atoms with E-state index < -0.39 is 0 Å². The van der Waals surface area contributed by atoms with E-state index >= 15 is 0 Å². The summed E-state index contributed by atoms with van der Waals surface area (Å²) in [5.74, 6) is 1.54.